The summed E-state index contributed by atoms with van der Waals surface area (Å²) >= 11 is 0. The van der Waals surface area contributed by atoms with Crippen molar-refractivity contribution >= 4 is 0 Å². The van der Waals surface area contributed by atoms with Crippen LogP contribution in [-0.2, 0) is 4.74 Å². The predicted molar refractivity (Wildman–Crippen MR) is 60.5 cm³/mol. The molecular weight excluding hydrogens is 174 g/mol. The molecule has 1 N–H and O–H groups in total. The van der Waals surface area contributed by atoms with Crippen LogP contribution < -0.4 is 5.32 Å². The van der Waals surface area contributed by atoms with Gasteiger partial charge in [-0.05, 0) is 39.2 Å². The molecule has 0 bridgehead atoms. The SMILES string of the molecule is CNC(CCOC)C1=CCCCCC1. The van der Waals surface area contributed by atoms with Gasteiger partial charge in [-0.25, -0.2) is 0 Å². The average molecular weight is 197 g/mol. The number of nitrogens with one attached hydrogen (secondary N) is 1. The molecule has 0 aromatic heterocycles. The number of likely N-dealkylation sites (N-methyl/N-ethyl adjacent to an activating group) is 1. The second-order valence-corrected chi connectivity index (χ2v) is 4.00. The Balaban J connectivity index is 2.44. The molecule has 0 radical (unpaired) electrons. The van der Waals surface area contributed by atoms with Gasteiger partial charge in [0, 0.05) is 19.8 Å². The highest BCUT2D eigenvalue weighted by Gasteiger charge is 2.12. The lowest BCUT2D eigenvalue weighted by Gasteiger charge is -2.19. The molecule has 0 spiro atoms. The molecule has 0 aliphatic heterocycles. The summed E-state index contributed by atoms with van der Waals surface area (Å²) in [5.74, 6) is 0. The highest BCUT2D eigenvalue weighted by molar-refractivity contribution is 5.11. The zero-order valence-corrected chi connectivity index (χ0v) is 9.51. The Labute approximate surface area is 87.7 Å². The number of allylic oxidation sites excluding steroid dienone is 1. The molecule has 1 rings (SSSR count). The smallest absolute Gasteiger partial charge is 0.0480 e. The Bertz CT molecular complexity index is 177. The highest BCUT2D eigenvalue weighted by Crippen LogP contribution is 2.21. The lowest BCUT2D eigenvalue weighted by molar-refractivity contribution is 0.187. The van der Waals surface area contributed by atoms with E-state index in [1.54, 1.807) is 12.7 Å². The first-order valence-corrected chi connectivity index (χ1v) is 5.73. The number of methoxy groups -OCH3 is 1. The summed E-state index contributed by atoms with van der Waals surface area (Å²) in [5, 5.41) is 3.39. The number of hydrogen-bond acceptors (Lipinski definition) is 2. The predicted octanol–water partition coefficient (Wildman–Crippen LogP) is 2.50. The topological polar surface area (TPSA) is 21.3 Å². The van der Waals surface area contributed by atoms with E-state index < -0.39 is 0 Å². The van der Waals surface area contributed by atoms with E-state index in [9.17, 15) is 0 Å². The largest absolute Gasteiger partial charge is 0.385 e. The van der Waals surface area contributed by atoms with Crippen molar-refractivity contribution in [3.05, 3.63) is 11.6 Å². The Kier molecular flexibility index (Phi) is 5.88. The summed E-state index contributed by atoms with van der Waals surface area (Å²) in [6.07, 6.45) is 10.2. The van der Waals surface area contributed by atoms with Crippen molar-refractivity contribution in [2.24, 2.45) is 0 Å². The van der Waals surface area contributed by atoms with Crippen molar-refractivity contribution in [1.29, 1.82) is 0 Å². The van der Waals surface area contributed by atoms with Crippen molar-refractivity contribution in [3.8, 4) is 0 Å². The van der Waals surface area contributed by atoms with Gasteiger partial charge in [-0.15, -0.1) is 0 Å². The van der Waals surface area contributed by atoms with E-state index >= 15 is 0 Å². The van der Waals surface area contributed by atoms with Crippen molar-refractivity contribution in [3.63, 3.8) is 0 Å². The maximum Gasteiger partial charge on any atom is 0.0480 e. The Morgan fingerprint density at radius 2 is 2.29 bits per heavy atom. The van der Waals surface area contributed by atoms with Crippen molar-refractivity contribution < 1.29 is 4.74 Å². The fourth-order valence-corrected chi connectivity index (χ4v) is 2.11. The van der Waals surface area contributed by atoms with E-state index in [0.717, 1.165) is 13.0 Å². The summed E-state index contributed by atoms with van der Waals surface area (Å²) in [6, 6.07) is 0.535. The van der Waals surface area contributed by atoms with Crippen molar-refractivity contribution in [2.45, 2.75) is 44.6 Å². The van der Waals surface area contributed by atoms with Crippen LogP contribution in [0.2, 0.25) is 0 Å². The quantitative estimate of drug-likeness (QED) is 0.684. The molecule has 0 amide bonds. The number of ether oxygens (including phenoxy) is 1. The minimum absolute atomic E-state index is 0.535. The third-order valence-electron chi connectivity index (χ3n) is 2.98. The Morgan fingerprint density at radius 3 is 3.00 bits per heavy atom. The first-order valence-electron chi connectivity index (χ1n) is 5.73. The first-order chi connectivity index (χ1) is 6.88. The van der Waals surface area contributed by atoms with Crippen LogP contribution >= 0.6 is 0 Å². The molecule has 0 saturated carbocycles. The van der Waals surface area contributed by atoms with Gasteiger partial charge < -0.3 is 10.1 Å². The van der Waals surface area contributed by atoms with E-state index in [2.05, 4.69) is 11.4 Å². The molecule has 14 heavy (non-hydrogen) atoms. The minimum Gasteiger partial charge on any atom is -0.385 e. The van der Waals surface area contributed by atoms with E-state index in [4.69, 9.17) is 4.74 Å². The molecule has 1 unspecified atom stereocenters. The van der Waals surface area contributed by atoms with Gasteiger partial charge in [0.15, 0.2) is 0 Å². The van der Waals surface area contributed by atoms with Gasteiger partial charge in [-0.1, -0.05) is 18.1 Å². The third-order valence-corrected chi connectivity index (χ3v) is 2.98. The summed E-state index contributed by atoms with van der Waals surface area (Å²) in [5.41, 5.74) is 1.60. The van der Waals surface area contributed by atoms with Gasteiger partial charge in [0.25, 0.3) is 0 Å². The fourth-order valence-electron chi connectivity index (χ4n) is 2.11. The first kappa shape index (κ1) is 11.7. The van der Waals surface area contributed by atoms with Crippen molar-refractivity contribution in [2.75, 3.05) is 20.8 Å². The van der Waals surface area contributed by atoms with Crippen LogP contribution in [-0.4, -0.2) is 26.8 Å². The summed E-state index contributed by atoms with van der Waals surface area (Å²) in [7, 11) is 3.82. The molecule has 0 aromatic rings. The van der Waals surface area contributed by atoms with Crippen LogP contribution in [0.4, 0.5) is 0 Å². The van der Waals surface area contributed by atoms with Crippen LogP contribution in [0.5, 0.6) is 0 Å². The molecule has 0 aromatic carbocycles. The molecule has 0 fully saturated rings. The van der Waals surface area contributed by atoms with E-state index in [1.807, 2.05) is 7.05 Å². The highest BCUT2D eigenvalue weighted by atomic mass is 16.5. The number of hydrogen-bond donors (Lipinski definition) is 1. The van der Waals surface area contributed by atoms with Gasteiger partial charge in [-0.2, -0.15) is 0 Å². The van der Waals surface area contributed by atoms with Gasteiger partial charge in [-0.3, -0.25) is 0 Å². The van der Waals surface area contributed by atoms with Gasteiger partial charge >= 0.3 is 0 Å². The second-order valence-electron chi connectivity index (χ2n) is 4.00. The Hall–Kier alpha value is -0.340. The van der Waals surface area contributed by atoms with Gasteiger partial charge in [0.2, 0.25) is 0 Å². The summed E-state index contributed by atoms with van der Waals surface area (Å²) in [4.78, 5) is 0. The Morgan fingerprint density at radius 1 is 1.43 bits per heavy atom. The standard InChI is InChI=1S/C12H23NO/c1-13-12(9-10-14-2)11-7-5-3-4-6-8-11/h7,12-13H,3-6,8-10H2,1-2H3. The fraction of sp³-hybridized carbons (Fsp3) is 0.833. The third kappa shape index (κ3) is 3.81. The molecule has 1 atom stereocenters. The minimum atomic E-state index is 0.535. The molecule has 2 nitrogen and oxygen atoms in total. The van der Waals surface area contributed by atoms with E-state index in [1.165, 1.54) is 32.1 Å². The zero-order chi connectivity index (χ0) is 10.2. The normalized spacial score (nSPS) is 20.0. The zero-order valence-electron chi connectivity index (χ0n) is 9.51. The maximum absolute atomic E-state index is 5.13. The second kappa shape index (κ2) is 7.02. The van der Waals surface area contributed by atoms with Gasteiger partial charge in [0.05, 0.1) is 0 Å². The lowest BCUT2D eigenvalue weighted by atomic mass is 10.00. The van der Waals surface area contributed by atoms with Gasteiger partial charge in [0.1, 0.15) is 0 Å². The van der Waals surface area contributed by atoms with E-state index in [-0.39, 0.29) is 0 Å². The monoisotopic (exact) mass is 197 g/mol. The maximum atomic E-state index is 5.13. The summed E-state index contributed by atoms with van der Waals surface area (Å²) in [6.45, 7) is 0.850. The molecule has 1 aliphatic rings. The number of rotatable bonds is 5. The molecule has 1 aliphatic carbocycles. The van der Waals surface area contributed by atoms with Crippen LogP contribution in [0.25, 0.3) is 0 Å². The summed E-state index contributed by atoms with van der Waals surface area (Å²) < 4.78 is 5.13. The molecular formula is C12H23NO. The molecule has 2 heteroatoms. The van der Waals surface area contributed by atoms with Crippen LogP contribution in [0.1, 0.15) is 38.5 Å². The van der Waals surface area contributed by atoms with Crippen LogP contribution in [0.3, 0.4) is 0 Å². The van der Waals surface area contributed by atoms with Crippen molar-refractivity contribution in [1.82, 2.24) is 5.32 Å². The molecule has 0 heterocycles. The van der Waals surface area contributed by atoms with Crippen LogP contribution in [0, 0.1) is 0 Å². The van der Waals surface area contributed by atoms with E-state index in [0.29, 0.717) is 6.04 Å². The molecule has 0 saturated heterocycles. The van der Waals surface area contributed by atoms with Crippen LogP contribution in [0.15, 0.2) is 11.6 Å². The molecule has 82 valence electrons. The average Bonchev–Trinajstić information content (AvgIpc) is 2.48. The lowest BCUT2D eigenvalue weighted by Crippen LogP contribution is -2.28.